The molecule has 9 atom stereocenters. The summed E-state index contributed by atoms with van der Waals surface area (Å²) in [5, 5.41) is 10.9. The van der Waals surface area contributed by atoms with Crippen LogP contribution in [0.15, 0.2) is 12.2 Å². The monoisotopic (exact) mass is 440 g/mol. The minimum Gasteiger partial charge on any atom is -0.393 e. The van der Waals surface area contributed by atoms with Crippen LogP contribution in [0.25, 0.3) is 0 Å². The largest absolute Gasteiger partial charge is 0.393 e. The average molecular weight is 441 g/mol. The zero-order valence-electron chi connectivity index (χ0n) is 22.4. The van der Waals surface area contributed by atoms with Gasteiger partial charge in [0.2, 0.25) is 0 Å². The van der Waals surface area contributed by atoms with Crippen LogP contribution in [0.5, 0.6) is 0 Å². The highest BCUT2D eigenvalue weighted by molar-refractivity contribution is 5.30. The van der Waals surface area contributed by atoms with Crippen LogP contribution in [0.4, 0.5) is 0 Å². The number of allylic oxidation sites excluding steroid dienone is 1. The second kappa shape index (κ2) is 7.11. The maximum Gasteiger partial charge on any atom is 0.0594 e. The zero-order valence-corrected chi connectivity index (χ0v) is 22.4. The Morgan fingerprint density at radius 3 is 2.19 bits per heavy atom. The van der Waals surface area contributed by atoms with Gasteiger partial charge in [-0.15, -0.1) is 0 Å². The van der Waals surface area contributed by atoms with Crippen LogP contribution in [0.3, 0.4) is 0 Å². The van der Waals surface area contributed by atoms with Crippen LogP contribution in [-0.4, -0.2) is 11.2 Å². The van der Waals surface area contributed by atoms with Crippen molar-refractivity contribution in [2.45, 2.75) is 125 Å². The highest BCUT2D eigenvalue weighted by Crippen LogP contribution is 2.89. The summed E-state index contributed by atoms with van der Waals surface area (Å²) in [5.41, 5.74) is 3.79. The van der Waals surface area contributed by atoms with Gasteiger partial charge < -0.3 is 5.11 Å². The van der Waals surface area contributed by atoms with Crippen LogP contribution in [-0.2, 0) is 0 Å². The lowest BCUT2D eigenvalue weighted by atomic mass is 9.41. The first-order valence-electron chi connectivity index (χ1n) is 14.2. The molecule has 5 fully saturated rings. The topological polar surface area (TPSA) is 20.2 Å². The van der Waals surface area contributed by atoms with Gasteiger partial charge in [-0.1, -0.05) is 60.6 Å². The molecule has 0 amide bonds. The van der Waals surface area contributed by atoms with Gasteiger partial charge in [-0.05, 0) is 127 Å². The van der Waals surface area contributed by atoms with E-state index in [1.54, 1.807) is 0 Å². The normalized spacial score (nSPS) is 51.9. The molecule has 0 heterocycles. The Bertz CT molecular complexity index is 779. The molecule has 32 heavy (non-hydrogen) atoms. The Morgan fingerprint density at radius 2 is 1.50 bits per heavy atom. The molecule has 0 saturated heterocycles. The third-order valence-corrected chi connectivity index (χ3v) is 13.6. The summed E-state index contributed by atoms with van der Waals surface area (Å²) < 4.78 is 0. The summed E-state index contributed by atoms with van der Waals surface area (Å²) in [4.78, 5) is 0. The molecule has 5 saturated carbocycles. The lowest BCUT2D eigenvalue weighted by Gasteiger charge is -2.63. The van der Waals surface area contributed by atoms with Gasteiger partial charge in [0.15, 0.2) is 0 Å². The Morgan fingerprint density at radius 1 is 0.844 bits per heavy atom. The fraction of sp³-hybridized carbons (Fsp3) is 0.935. The number of rotatable bonds is 5. The molecule has 0 aliphatic heterocycles. The molecule has 1 heteroatoms. The second-order valence-corrected chi connectivity index (χ2v) is 14.9. The van der Waals surface area contributed by atoms with Crippen molar-refractivity contribution in [1.82, 2.24) is 0 Å². The Hall–Kier alpha value is -0.300. The Labute approximate surface area is 199 Å². The van der Waals surface area contributed by atoms with Crippen LogP contribution in [0.1, 0.15) is 119 Å². The van der Waals surface area contributed by atoms with E-state index in [1.165, 1.54) is 69.8 Å². The van der Waals surface area contributed by atoms with E-state index in [1.807, 2.05) is 0 Å². The molecule has 0 aromatic rings. The third-order valence-electron chi connectivity index (χ3n) is 13.6. The molecule has 0 radical (unpaired) electrons. The average Bonchev–Trinajstić information content (AvgIpc) is 3.31. The summed E-state index contributed by atoms with van der Waals surface area (Å²) in [5.74, 6) is 4.02. The van der Waals surface area contributed by atoms with Gasteiger partial charge in [0.05, 0.1) is 6.10 Å². The summed E-state index contributed by atoms with van der Waals surface area (Å²) >= 11 is 0. The van der Waals surface area contributed by atoms with Crippen LogP contribution in [0.2, 0.25) is 0 Å². The van der Waals surface area contributed by atoms with E-state index in [0.29, 0.717) is 27.6 Å². The molecule has 1 N–H and O–H groups in total. The standard InChI is InChI=1S/C31H52O/c1-20(2)21(3)9-10-22(4)23-13-15-29(8)25-12-11-24-27(5,6)26(32)14-16-30(24)19-31(25,30)18-17-28(23,29)7/h20,22-26,32H,3,9-19H2,1-2,4-8H3/t22-,23-,24-,25-,26+,28-,29-,30-,31+/m1/s1. The summed E-state index contributed by atoms with van der Waals surface area (Å²) in [6.07, 6.45) is 15.0. The van der Waals surface area contributed by atoms with Crippen molar-refractivity contribution in [3.63, 3.8) is 0 Å². The molecule has 182 valence electrons. The first-order chi connectivity index (χ1) is 14.9. The molecule has 5 aliphatic carbocycles. The molecule has 1 nitrogen and oxygen atoms in total. The van der Waals surface area contributed by atoms with Crippen molar-refractivity contribution >= 4 is 0 Å². The maximum absolute atomic E-state index is 10.9. The lowest BCUT2D eigenvalue weighted by Crippen LogP contribution is -2.57. The van der Waals surface area contributed by atoms with Gasteiger partial charge in [-0.25, -0.2) is 0 Å². The molecule has 2 spiro atoms. The van der Waals surface area contributed by atoms with Gasteiger partial charge in [0.1, 0.15) is 0 Å². The van der Waals surface area contributed by atoms with Crippen LogP contribution >= 0.6 is 0 Å². The van der Waals surface area contributed by atoms with Gasteiger partial charge in [-0.2, -0.15) is 0 Å². The van der Waals surface area contributed by atoms with Gasteiger partial charge in [0, 0.05) is 0 Å². The maximum atomic E-state index is 10.9. The van der Waals surface area contributed by atoms with E-state index >= 15 is 0 Å². The van der Waals surface area contributed by atoms with Crippen molar-refractivity contribution in [2.24, 2.45) is 56.7 Å². The quantitative estimate of drug-likeness (QED) is 0.425. The van der Waals surface area contributed by atoms with Crippen molar-refractivity contribution < 1.29 is 5.11 Å². The van der Waals surface area contributed by atoms with E-state index < -0.39 is 0 Å². The molecular weight excluding hydrogens is 388 g/mol. The molecule has 5 rings (SSSR count). The molecule has 0 bridgehead atoms. The molecule has 0 aromatic carbocycles. The minimum atomic E-state index is -0.0888. The van der Waals surface area contributed by atoms with Crippen molar-refractivity contribution in [2.75, 3.05) is 0 Å². The fourth-order valence-corrected chi connectivity index (χ4v) is 11.2. The zero-order chi connectivity index (χ0) is 23.3. The number of aliphatic hydroxyl groups is 1. The predicted octanol–water partition coefficient (Wildman–Crippen LogP) is 8.41. The summed E-state index contributed by atoms with van der Waals surface area (Å²) in [7, 11) is 0. The second-order valence-electron chi connectivity index (χ2n) is 14.9. The fourth-order valence-electron chi connectivity index (χ4n) is 11.2. The van der Waals surface area contributed by atoms with Gasteiger partial charge >= 0.3 is 0 Å². The molecule has 0 unspecified atom stereocenters. The van der Waals surface area contributed by atoms with Crippen LogP contribution < -0.4 is 0 Å². The van der Waals surface area contributed by atoms with E-state index in [0.717, 1.165) is 30.1 Å². The molecule has 5 aliphatic rings. The van der Waals surface area contributed by atoms with Crippen molar-refractivity contribution in [1.29, 1.82) is 0 Å². The number of hydrogen-bond acceptors (Lipinski definition) is 1. The van der Waals surface area contributed by atoms with E-state index in [9.17, 15) is 5.11 Å². The molecule has 0 aromatic heterocycles. The summed E-state index contributed by atoms with van der Waals surface area (Å²) in [6, 6.07) is 0. The number of aliphatic hydroxyl groups excluding tert-OH is 1. The predicted molar refractivity (Wildman–Crippen MR) is 135 cm³/mol. The summed E-state index contributed by atoms with van der Waals surface area (Å²) in [6.45, 7) is 21.8. The Kier molecular flexibility index (Phi) is 5.21. The smallest absolute Gasteiger partial charge is 0.0594 e. The van der Waals surface area contributed by atoms with E-state index in [4.69, 9.17) is 0 Å². The number of fused-ring (bicyclic) bond motifs is 2. The van der Waals surface area contributed by atoms with Gasteiger partial charge in [-0.3, -0.25) is 0 Å². The highest BCUT2D eigenvalue weighted by atomic mass is 16.3. The van der Waals surface area contributed by atoms with Crippen molar-refractivity contribution in [3.05, 3.63) is 12.2 Å². The van der Waals surface area contributed by atoms with E-state index in [-0.39, 0.29) is 11.5 Å². The first-order valence-corrected chi connectivity index (χ1v) is 14.2. The highest BCUT2D eigenvalue weighted by Gasteiger charge is 2.82. The Balaban J connectivity index is 1.39. The third kappa shape index (κ3) is 2.73. The van der Waals surface area contributed by atoms with Crippen LogP contribution in [0, 0.1) is 56.7 Å². The van der Waals surface area contributed by atoms with E-state index in [2.05, 4.69) is 55.0 Å². The van der Waals surface area contributed by atoms with Gasteiger partial charge in [0.25, 0.3) is 0 Å². The first kappa shape index (κ1) is 23.4. The number of hydrogen-bond donors (Lipinski definition) is 1. The molecular formula is C31H52O. The lowest BCUT2D eigenvalue weighted by molar-refractivity contribution is -0.161. The van der Waals surface area contributed by atoms with Crippen molar-refractivity contribution in [3.8, 4) is 0 Å². The SMILES string of the molecule is C=C(CC[C@@H](C)[C@H]1CC[C@]2(C)[C@H]3CC[C@@H]4C(C)(C)[C@@H](O)CC[C@@]45C[C@@]35CC[C@]12C)C(C)C. The minimum absolute atomic E-state index is 0.0888.